The lowest BCUT2D eigenvalue weighted by Crippen LogP contribution is -2.64. The van der Waals surface area contributed by atoms with Crippen LogP contribution in [0.3, 0.4) is 0 Å². The summed E-state index contributed by atoms with van der Waals surface area (Å²) in [4.78, 5) is 35.7. The van der Waals surface area contributed by atoms with E-state index in [1.807, 2.05) is 0 Å². The van der Waals surface area contributed by atoms with Crippen molar-refractivity contribution in [2.75, 3.05) is 13.2 Å². The van der Waals surface area contributed by atoms with Gasteiger partial charge in [0.2, 0.25) is 0 Å². The molecule has 1 aliphatic carbocycles. The number of phosphoric ester groups is 1. The van der Waals surface area contributed by atoms with E-state index in [-0.39, 0.29) is 12.8 Å². The minimum Gasteiger partial charge on any atom is -0.462 e. The van der Waals surface area contributed by atoms with E-state index in [9.17, 15) is 44.6 Å². The molecule has 0 bridgehead atoms. The van der Waals surface area contributed by atoms with Gasteiger partial charge < -0.3 is 39.9 Å². The fraction of sp³-hybridized carbons (Fsp3) is 0.830. The van der Waals surface area contributed by atoms with E-state index >= 15 is 0 Å². The van der Waals surface area contributed by atoms with E-state index in [1.165, 1.54) is 77.0 Å². The van der Waals surface area contributed by atoms with Gasteiger partial charge >= 0.3 is 19.8 Å². The van der Waals surface area contributed by atoms with Crippen LogP contribution in [0.4, 0.5) is 0 Å². The van der Waals surface area contributed by atoms with Gasteiger partial charge in [0.1, 0.15) is 43.2 Å². The standard InChI is InChI=1S/C47H85O13P/c1-3-5-7-9-11-13-15-17-19-20-22-24-26-28-30-32-34-36-41(49)59-39(38-58-61(55,56)60-47-45(53)43(51)42(50)44(52)46(47)54)37-57-40(48)35-33-31-29-27-25-23-21-18-16-14-12-10-8-6-4-2/h11,13,17,19,25,27,39,42-47,50-54H,3-10,12,14-16,18,20-24,26,28-38H2,1-2H3,(H,55,56)/b13-11+,19-17+,27-25+/t39-,42?,43+,44?,45?,46?,47?/m1/s1. The van der Waals surface area contributed by atoms with Gasteiger partial charge in [-0.1, -0.05) is 147 Å². The largest absolute Gasteiger partial charge is 0.472 e. The smallest absolute Gasteiger partial charge is 0.462 e. The molecule has 0 saturated heterocycles. The second-order valence-corrected chi connectivity index (χ2v) is 18.0. The minimum atomic E-state index is -5.12. The molecule has 0 aromatic carbocycles. The predicted molar refractivity (Wildman–Crippen MR) is 240 cm³/mol. The quantitative estimate of drug-likeness (QED) is 0.0147. The maximum Gasteiger partial charge on any atom is 0.472 e. The Hall–Kier alpha value is -1.93. The fourth-order valence-electron chi connectivity index (χ4n) is 7.08. The van der Waals surface area contributed by atoms with Crippen molar-refractivity contribution in [3.8, 4) is 0 Å². The SMILES string of the molecule is CCCCC/C=C/C/C=C/CCCCCCCCCC(=O)O[C@H](COC(=O)CCCC/C=C/CCCCCCCCCCC)COP(=O)(O)OC1C(O)C(O)C(O)[C@H](O)C1O. The van der Waals surface area contributed by atoms with Crippen LogP contribution >= 0.6 is 7.82 Å². The number of esters is 2. The van der Waals surface area contributed by atoms with E-state index in [0.29, 0.717) is 12.8 Å². The lowest BCUT2D eigenvalue weighted by atomic mass is 9.85. The lowest BCUT2D eigenvalue weighted by Gasteiger charge is -2.41. The number of hydrogen-bond acceptors (Lipinski definition) is 12. The molecule has 0 heterocycles. The van der Waals surface area contributed by atoms with Crippen molar-refractivity contribution in [3.63, 3.8) is 0 Å². The highest BCUT2D eigenvalue weighted by molar-refractivity contribution is 7.47. The number of ether oxygens (including phenoxy) is 2. The Balaban J connectivity index is 2.46. The number of allylic oxidation sites excluding steroid dienone is 6. The van der Waals surface area contributed by atoms with Crippen molar-refractivity contribution >= 4 is 19.8 Å². The average molecular weight is 889 g/mol. The molecule has 6 N–H and O–H groups in total. The molecular formula is C47H85O13P. The zero-order chi connectivity index (χ0) is 45.0. The van der Waals surface area contributed by atoms with Crippen LogP contribution in [0.1, 0.15) is 194 Å². The summed E-state index contributed by atoms with van der Waals surface area (Å²) in [5.74, 6) is -1.13. The molecule has 8 atom stereocenters. The summed E-state index contributed by atoms with van der Waals surface area (Å²) in [6, 6.07) is 0. The van der Waals surface area contributed by atoms with Crippen molar-refractivity contribution in [1.82, 2.24) is 0 Å². The predicted octanol–water partition coefficient (Wildman–Crippen LogP) is 9.39. The first kappa shape index (κ1) is 57.1. The molecule has 6 unspecified atom stereocenters. The highest BCUT2D eigenvalue weighted by atomic mass is 31.2. The molecular weight excluding hydrogens is 803 g/mol. The van der Waals surface area contributed by atoms with Gasteiger partial charge in [-0.2, -0.15) is 0 Å². The number of rotatable bonds is 39. The van der Waals surface area contributed by atoms with E-state index in [1.54, 1.807) is 0 Å². The lowest BCUT2D eigenvalue weighted by molar-refractivity contribution is -0.220. The zero-order valence-corrected chi connectivity index (χ0v) is 38.6. The molecule has 1 rings (SSSR count). The van der Waals surface area contributed by atoms with Gasteiger partial charge in [0.15, 0.2) is 6.10 Å². The van der Waals surface area contributed by atoms with Crippen LogP contribution in [0.5, 0.6) is 0 Å². The highest BCUT2D eigenvalue weighted by Crippen LogP contribution is 2.47. The molecule has 1 fully saturated rings. The summed E-state index contributed by atoms with van der Waals surface area (Å²) in [6.07, 6.45) is 29.1. The third kappa shape index (κ3) is 30.0. The van der Waals surface area contributed by atoms with Crippen LogP contribution in [0.2, 0.25) is 0 Å². The first-order chi connectivity index (χ1) is 29.4. The van der Waals surface area contributed by atoms with Crippen LogP contribution in [-0.2, 0) is 32.7 Å². The Kier molecular flexibility index (Phi) is 35.0. The summed E-state index contributed by atoms with van der Waals surface area (Å²) in [5.41, 5.74) is 0. The number of hydrogen-bond donors (Lipinski definition) is 6. The van der Waals surface area contributed by atoms with Crippen LogP contribution < -0.4 is 0 Å². The van der Waals surface area contributed by atoms with Gasteiger partial charge in [-0.15, -0.1) is 0 Å². The van der Waals surface area contributed by atoms with Gasteiger partial charge in [0, 0.05) is 12.8 Å². The molecule has 61 heavy (non-hydrogen) atoms. The van der Waals surface area contributed by atoms with E-state index in [0.717, 1.165) is 77.0 Å². The second kappa shape index (κ2) is 37.4. The van der Waals surface area contributed by atoms with Gasteiger partial charge in [-0.05, 0) is 70.6 Å². The van der Waals surface area contributed by atoms with Crippen LogP contribution in [0.25, 0.3) is 0 Å². The molecule has 13 nitrogen and oxygen atoms in total. The summed E-state index contributed by atoms with van der Waals surface area (Å²) in [6.45, 7) is 3.25. The third-order valence-electron chi connectivity index (χ3n) is 11.0. The number of phosphoric acid groups is 1. The van der Waals surface area contributed by atoms with Gasteiger partial charge in [-0.25, -0.2) is 4.57 Å². The normalized spacial score (nSPS) is 22.3. The van der Waals surface area contributed by atoms with Crippen molar-refractivity contribution in [2.45, 2.75) is 236 Å². The Morgan fingerprint density at radius 1 is 0.508 bits per heavy atom. The number of carbonyl (C=O) groups excluding carboxylic acids is 2. The molecule has 0 aliphatic heterocycles. The minimum absolute atomic E-state index is 0.0841. The van der Waals surface area contributed by atoms with Gasteiger partial charge in [0.25, 0.3) is 0 Å². The Morgan fingerprint density at radius 2 is 0.885 bits per heavy atom. The first-order valence-corrected chi connectivity index (χ1v) is 25.3. The summed E-state index contributed by atoms with van der Waals surface area (Å²) in [5, 5.41) is 50.2. The molecule has 0 aromatic heterocycles. The summed E-state index contributed by atoms with van der Waals surface area (Å²) in [7, 11) is -5.12. The molecule has 0 spiro atoms. The molecule has 0 radical (unpaired) electrons. The van der Waals surface area contributed by atoms with Crippen LogP contribution in [0.15, 0.2) is 36.5 Å². The molecule has 0 aromatic rings. The van der Waals surface area contributed by atoms with E-state index in [4.69, 9.17) is 18.5 Å². The van der Waals surface area contributed by atoms with Crippen LogP contribution in [0, 0.1) is 0 Å². The maximum absolute atomic E-state index is 12.8. The monoisotopic (exact) mass is 889 g/mol. The molecule has 0 amide bonds. The van der Waals surface area contributed by atoms with Crippen molar-refractivity contribution < 1.29 is 63.1 Å². The molecule has 14 heteroatoms. The topological polar surface area (TPSA) is 210 Å². The zero-order valence-electron chi connectivity index (χ0n) is 37.7. The van der Waals surface area contributed by atoms with Crippen molar-refractivity contribution in [3.05, 3.63) is 36.5 Å². The molecule has 1 aliphatic rings. The van der Waals surface area contributed by atoms with Gasteiger partial charge in [0.05, 0.1) is 6.61 Å². The number of aliphatic hydroxyl groups excluding tert-OH is 5. The third-order valence-corrected chi connectivity index (χ3v) is 11.9. The van der Waals surface area contributed by atoms with Crippen molar-refractivity contribution in [1.29, 1.82) is 0 Å². The second-order valence-electron chi connectivity index (χ2n) is 16.6. The number of aliphatic hydroxyl groups is 5. The number of unbranched alkanes of at least 4 members (excludes halogenated alkanes) is 21. The summed E-state index contributed by atoms with van der Waals surface area (Å²) >= 11 is 0. The average Bonchev–Trinajstić information content (AvgIpc) is 3.24. The summed E-state index contributed by atoms with van der Waals surface area (Å²) < 4.78 is 33.5. The molecule has 1 saturated carbocycles. The van der Waals surface area contributed by atoms with Gasteiger partial charge in [-0.3, -0.25) is 18.6 Å². The van der Waals surface area contributed by atoms with E-state index in [2.05, 4.69) is 50.3 Å². The highest BCUT2D eigenvalue weighted by Gasteiger charge is 2.51. The van der Waals surface area contributed by atoms with E-state index < -0.39 is 75.7 Å². The first-order valence-electron chi connectivity index (χ1n) is 23.8. The maximum atomic E-state index is 12.8. The van der Waals surface area contributed by atoms with Crippen LogP contribution in [-0.4, -0.2) is 98.3 Å². The Morgan fingerprint density at radius 3 is 1.41 bits per heavy atom. The number of carbonyl (C=O) groups is 2. The molecule has 356 valence electrons. The Labute approximate surface area is 368 Å². The van der Waals surface area contributed by atoms with Crippen molar-refractivity contribution in [2.24, 2.45) is 0 Å². The Bertz CT molecular complexity index is 1210. The fourth-order valence-corrected chi connectivity index (χ4v) is 8.05.